The highest BCUT2D eigenvalue weighted by molar-refractivity contribution is 7.22. The molecule has 2 bridgehead atoms. The minimum absolute atomic E-state index is 0.150. The van der Waals surface area contributed by atoms with Crippen molar-refractivity contribution in [3.63, 3.8) is 0 Å². The lowest BCUT2D eigenvalue weighted by atomic mass is 9.91. The maximum absolute atomic E-state index is 13.6. The zero-order valence-corrected chi connectivity index (χ0v) is 33.5. The summed E-state index contributed by atoms with van der Waals surface area (Å²) in [5.74, 6) is 0.499. The van der Waals surface area contributed by atoms with Crippen molar-refractivity contribution in [2.75, 3.05) is 24.6 Å². The maximum Gasteiger partial charge on any atom is 0.410 e. The highest BCUT2D eigenvalue weighted by Gasteiger charge is 2.44. The number of thiazole rings is 1. The first-order valence-electron chi connectivity index (χ1n) is 18.3. The Morgan fingerprint density at radius 1 is 0.962 bits per heavy atom. The third-order valence-electron chi connectivity index (χ3n) is 9.75. The Morgan fingerprint density at radius 2 is 1.62 bits per heavy atom. The molecule has 53 heavy (non-hydrogen) atoms. The van der Waals surface area contributed by atoms with Gasteiger partial charge in [0.05, 0.1) is 27.9 Å². The third kappa shape index (κ3) is 7.35. The van der Waals surface area contributed by atoms with E-state index in [1.165, 1.54) is 0 Å². The Labute approximate surface area is 320 Å². The number of hydrogen-bond donors (Lipinski definition) is 0. The number of carbonyl (C=O) groups excluding carboxylic acids is 2. The van der Waals surface area contributed by atoms with Crippen LogP contribution in [0.5, 0.6) is 0 Å². The van der Waals surface area contributed by atoms with Crippen molar-refractivity contribution in [2.45, 2.75) is 97.6 Å². The molecule has 1 amide bonds. The average Bonchev–Trinajstić information content (AvgIpc) is 3.72. The molecule has 10 nitrogen and oxygen atoms in total. The molecule has 3 atom stereocenters. The number of nitrogens with zero attached hydrogens (tertiary/aromatic N) is 5. The van der Waals surface area contributed by atoms with E-state index in [1.54, 1.807) is 18.3 Å². The summed E-state index contributed by atoms with van der Waals surface area (Å²) < 4.78 is 20.7. The molecule has 0 aliphatic carbocycles. The number of fused-ring (bicyclic) bond motifs is 4. The number of carbonyl (C=O) groups is 2. The van der Waals surface area contributed by atoms with Gasteiger partial charge in [-0.15, -0.1) is 11.3 Å². The van der Waals surface area contributed by atoms with Crippen molar-refractivity contribution < 1.29 is 23.8 Å². The molecule has 0 spiro atoms. The molecule has 2 aliphatic heterocycles. The fraction of sp³-hybridized carbons (Fsp3) is 0.463. The third-order valence-corrected chi connectivity index (χ3v) is 11.1. The quantitative estimate of drug-likeness (QED) is 0.152. The summed E-state index contributed by atoms with van der Waals surface area (Å²) in [6, 6.07) is 16.4. The van der Waals surface area contributed by atoms with Gasteiger partial charge in [-0.3, -0.25) is 4.68 Å². The van der Waals surface area contributed by atoms with Crippen LogP contribution in [-0.2, 0) is 26.1 Å². The van der Waals surface area contributed by atoms with Crippen molar-refractivity contribution in [3.05, 3.63) is 64.7 Å². The molecule has 12 heteroatoms. The lowest BCUT2D eigenvalue weighted by molar-refractivity contribution is -0.166. The Balaban J connectivity index is 1.32. The van der Waals surface area contributed by atoms with Crippen LogP contribution in [0.15, 0.2) is 48.5 Å². The van der Waals surface area contributed by atoms with Crippen LogP contribution in [0, 0.1) is 6.92 Å². The highest BCUT2D eigenvalue weighted by Crippen LogP contribution is 2.46. The summed E-state index contributed by atoms with van der Waals surface area (Å²) in [5.41, 5.74) is 5.10. The number of likely N-dealkylation sites (tertiary alicyclic amines) is 1. The zero-order chi connectivity index (χ0) is 38.0. The van der Waals surface area contributed by atoms with E-state index < -0.39 is 23.3 Å². The number of anilines is 1. The number of rotatable bonds is 7. The Morgan fingerprint density at radius 3 is 2.25 bits per heavy atom. The van der Waals surface area contributed by atoms with E-state index >= 15 is 0 Å². The van der Waals surface area contributed by atoms with Gasteiger partial charge < -0.3 is 24.0 Å². The summed E-state index contributed by atoms with van der Waals surface area (Å²) >= 11 is 7.94. The van der Waals surface area contributed by atoms with E-state index in [0.29, 0.717) is 18.1 Å². The monoisotopic (exact) mass is 757 g/mol. The molecule has 0 radical (unpaired) electrons. The number of piperazine rings is 1. The van der Waals surface area contributed by atoms with Crippen LogP contribution in [0.2, 0.25) is 5.02 Å². The fourth-order valence-corrected chi connectivity index (χ4v) is 8.91. The standard InChI is InChI=1S/C41H48ClN5O5S/c1-10-50-38(48)34(51-40(3,4)5)32-23(2)19-30-35(33(32)24-11-14-26(42)15-12-24)53-37(43-30)25-13-18-31-29(20-25)36(44-45(31)9)47-27-16-17-28(47)22-46(21-27)39(49)52-41(6,7)8/h11-15,18-20,27-28,34H,10,16-17,21-22H2,1-9H3/t27?,28?,34-/m0/s1. The van der Waals surface area contributed by atoms with Crippen LogP contribution < -0.4 is 4.90 Å². The van der Waals surface area contributed by atoms with Gasteiger partial charge in [-0.2, -0.15) is 5.10 Å². The predicted octanol–water partition coefficient (Wildman–Crippen LogP) is 9.49. The lowest BCUT2D eigenvalue weighted by Gasteiger charge is -2.41. The number of hydrogen-bond acceptors (Lipinski definition) is 9. The molecule has 2 saturated heterocycles. The molecule has 2 unspecified atom stereocenters. The lowest BCUT2D eigenvalue weighted by Crippen LogP contribution is -2.56. The molecular formula is C41H48ClN5O5S. The summed E-state index contributed by atoms with van der Waals surface area (Å²) in [6.45, 7) is 16.8. The summed E-state index contributed by atoms with van der Waals surface area (Å²) in [6.07, 6.45) is 0.769. The van der Waals surface area contributed by atoms with Crippen molar-refractivity contribution in [2.24, 2.45) is 7.05 Å². The SMILES string of the molecule is CCOC(=O)[C@@H](OC(C)(C)C)c1c(C)cc2nc(-c3ccc4c(c3)c(N3C5CCC3CN(C(=O)OC(C)(C)C)C5)nn4C)sc2c1-c1ccc(Cl)cc1. The van der Waals surface area contributed by atoms with Gasteiger partial charge in [0.15, 0.2) is 11.9 Å². The minimum atomic E-state index is -0.948. The molecule has 3 aromatic carbocycles. The van der Waals surface area contributed by atoms with Gasteiger partial charge in [0.2, 0.25) is 0 Å². The second-order valence-electron chi connectivity index (χ2n) is 16.1. The van der Waals surface area contributed by atoms with Crippen LogP contribution in [0.4, 0.5) is 10.6 Å². The molecule has 4 heterocycles. The van der Waals surface area contributed by atoms with Gasteiger partial charge in [-0.25, -0.2) is 14.6 Å². The Kier molecular flexibility index (Phi) is 9.74. The first-order chi connectivity index (χ1) is 25.0. The number of aromatic nitrogens is 3. The average molecular weight is 758 g/mol. The molecule has 7 rings (SSSR count). The Bertz CT molecular complexity index is 2180. The number of aryl methyl sites for hydroxylation is 2. The molecular weight excluding hydrogens is 710 g/mol. The summed E-state index contributed by atoms with van der Waals surface area (Å²) in [4.78, 5) is 36.1. The molecule has 0 saturated carbocycles. The van der Waals surface area contributed by atoms with E-state index in [4.69, 9.17) is 35.9 Å². The second kappa shape index (κ2) is 13.9. The first kappa shape index (κ1) is 37.1. The molecule has 5 aromatic rings. The van der Waals surface area contributed by atoms with Crippen LogP contribution in [0.25, 0.3) is 42.8 Å². The molecule has 2 fully saturated rings. The van der Waals surface area contributed by atoms with E-state index in [-0.39, 0.29) is 24.8 Å². The highest BCUT2D eigenvalue weighted by atomic mass is 35.5. The van der Waals surface area contributed by atoms with Crippen LogP contribution in [-0.4, -0.2) is 74.7 Å². The molecule has 2 aromatic heterocycles. The smallest absolute Gasteiger partial charge is 0.410 e. The van der Waals surface area contributed by atoms with Crippen molar-refractivity contribution in [1.29, 1.82) is 0 Å². The van der Waals surface area contributed by atoms with Crippen molar-refractivity contribution in [3.8, 4) is 21.7 Å². The Hall–Kier alpha value is -4.19. The van der Waals surface area contributed by atoms with Crippen LogP contribution >= 0.6 is 22.9 Å². The second-order valence-corrected chi connectivity index (χ2v) is 17.5. The molecule has 2 aliphatic rings. The van der Waals surface area contributed by atoms with Gasteiger partial charge in [0.1, 0.15) is 10.6 Å². The normalized spacial score (nSPS) is 18.2. The topological polar surface area (TPSA) is 99.0 Å². The summed E-state index contributed by atoms with van der Waals surface area (Å²) in [5, 5.41) is 7.57. The van der Waals surface area contributed by atoms with E-state index in [9.17, 15) is 9.59 Å². The van der Waals surface area contributed by atoms with E-state index in [1.807, 2.05) is 95.4 Å². The fourth-order valence-electron chi connectivity index (χ4n) is 7.67. The summed E-state index contributed by atoms with van der Waals surface area (Å²) in [7, 11) is 1.98. The number of amides is 1. The first-order valence-corrected chi connectivity index (χ1v) is 19.5. The number of esters is 1. The van der Waals surface area contributed by atoms with Gasteiger partial charge in [0, 0.05) is 59.3 Å². The van der Waals surface area contributed by atoms with Crippen molar-refractivity contribution in [1.82, 2.24) is 19.7 Å². The largest absolute Gasteiger partial charge is 0.464 e. The van der Waals surface area contributed by atoms with Gasteiger partial charge in [-0.05, 0) is 116 Å². The number of benzene rings is 3. The predicted molar refractivity (Wildman–Crippen MR) is 212 cm³/mol. The van der Waals surface area contributed by atoms with Gasteiger partial charge in [-0.1, -0.05) is 23.7 Å². The van der Waals surface area contributed by atoms with Crippen molar-refractivity contribution >= 4 is 61.9 Å². The van der Waals surface area contributed by atoms with Gasteiger partial charge in [0.25, 0.3) is 0 Å². The maximum atomic E-state index is 13.6. The van der Waals surface area contributed by atoms with Crippen LogP contribution in [0.1, 0.15) is 78.5 Å². The van der Waals surface area contributed by atoms with E-state index in [0.717, 1.165) is 72.6 Å². The molecule has 0 N–H and O–H groups in total. The zero-order valence-electron chi connectivity index (χ0n) is 31.9. The minimum Gasteiger partial charge on any atom is -0.464 e. The number of halogens is 1. The van der Waals surface area contributed by atoms with Crippen LogP contribution in [0.3, 0.4) is 0 Å². The van der Waals surface area contributed by atoms with Gasteiger partial charge >= 0.3 is 12.1 Å². The molecule has 280 valence electrons. The van der Waals surface area contributed by atoms with E-state index in [2.05, 4.69) is 23.1 Å². The number of ether oxygens (including phenoxy) is 3.